The van der Waals surface area contributed by atoms with Crippen LogP contribution in [-0.4, -0.2) is 26.1 Å². The highest BCUT2D eigenvalue weighted by molar-refractivity contribution is 9.10. The number of halogens is 1. The predicted octanol–water partition coefficient (Wildman–Crippen LogP) is 0.715. The van der Waals surface area contributed by atoms with E-state index in [1.165, 1.54) is 4.90 Å². The number of amides is 1. The third-order valence-corrected chi connectivity index (χ3v) is 5.02. The molecule has 2 N–H and O–H groups in total. The van der Waals surface area contributed by atoms with Gasteiger partial charge in [-0.15, -0.1) is 0 Å². The molecule has 1 heterocycles. The molecule has 19 heavy (non-hydrogen) atoms. The lowest BCUT2D eigenvalue weighted by molar-refractivity contribution is -0.117. The normalized spacial score (nSPS) is 19.5. The number of anilines is 1. The average Bonchev–Trinajstić information content (AvgIpc) is 2.71. The van der Waals surface area contributed by atoms with Gasteiger partial charge in [-0.3, -0.25) is 4.79 Å². The zero-order valence-electron chi connectivity index (χ0n) is 9.71. The molecule has 6 nitrogen and oxygen atoms in total. The van der Waals surface area contributed by atoms with Gasteiger partial charge in [0.15, 0.2) is 0 Å². The van der Waals surface area contributed by atoms with Crippen LogP contribution in [0, 0.1) is 11.3 Å². The van der Waals surface area contributed by atoms with Crippen molar-refractivity contribution in [2.75, 3.05) is 11.4 Å². The number of benzene rings is 1. The first-order chi connectivity index (χ1) is 8.84. The standard InChI is InChI=1S/C11H10BrN3O3S/c12-11-7(5-13)2-1-3-9(11)15-6-8(4-10(15)16)19(14,17)18/h1-3,8H,4,6H2,(H2,14,17,18). The van der Waals surface area contributed by atoms with E-state index in [9.17, 15) is 13.2 Å². The Morgan fingerprint density at radius 2 is 2.16 bits per heavy atom. The molecule has 2 rings (SSSR count). The largest absolute Gasteiger partial charge is 0.310 e. The minimum absolute atomic E-state index is 0.00511. The van der Waals surface area contributed by atoms with Crippen LogP contribution in [-0.2, 0) is 14.8 Å². The van der Waals surface area contributed by atoms with Gasteiger partial charge in [-0.1, -0.05) is 6.07 Å². The molecule has 8 heteroatoms. The highest BCUT2D eigenvalue weighted by atomic mass is 79.9. The van der Waals surface area contributed by atoms with Crippen molar-refractivity contribution in [3.8, 4) is 6.07 Å². The van der Waals surface area contributed by atoms with E-state index in [1.54, 1.807) is 18.2 Å². The van der Waals surface area contributed by atoms with Gasteiger partial charge in [0.25, 0.3) is 0 Å². The summed E-state index contributed by atoms with van der Waals surface area (Å²) < 4.78 is 23.1. The Hall–Kier alpha value is -1.43. The number of nitriles is 1. The zero-order chi connectivity index (χ0) is 14.2. The van der Waals surface area contributed by atoms with Crippen LogP contribution < -0.4 is 10.0 Å². The molecule has 1 atom stereocenters. The first kappa shape index (κ1) is 14.0. The molecule has 1 amide bonds. The molecule has 1 aliphatic heterocycles. The summed E-state index contributed by atoms with van der Waals surface area (Å²) >= 11 is 3.25. The summed E-state index contributed by atoms with van der Waals surface area (Å²) in [6.45, 7) is 0.00511. The Labute approximate surface area is 119 Å². The zero-order valence-corrected chi connectivity index (χ0v) is 12.1. The molecule has 100 valence electrons. The molecule has 0 radical (unpaired) electrons. The van der Waals surface area contributed by atoms with Gasteiger partial charge in [0, 0.05) is 13.0 Å². The fourth-order valence-corrected chi connectivity index (χ4v) is 3.24. The maximum atomic E-state index is 11.9. The molecule has 0 spiro atoms. The lowest BCUT2D eigenvalue weighted by Crippen LogP contribution is -2.32. The predicted molar refractivity (Wildman–Crippen MR) is 72.7 cm³/mol. The van der Waals surface area contributed by atoms with Gasteiger partial charge < -0.3 is 4.90 Å². The highest BCUT2D eigenvalue weighted by Crippen LogP contribution is 2.33. The van der Waals surface area contributed by atoms with Gasteiger partial charge in [0.1, 0.15) is 11.3 Å². The summed E-state index contributed by atoms with van der Waals surface area (Å²) in [5, 5.41) is 13.1. The van der Waals surface area contributed by atoms with Gasteiger partial charge in [0.05, 0.1) is 15.7 Å². The molecule has 1 aromatic rings. The summed E-state index contributed by atoms with van der Waals surface area (Å²) in [5.41, 5.74) is 0.861. The van der Waals surface area contributed by atoms with Crippen LogP contribution in [0.2, 0.25) is 0 Å². The summed E-state index contributed by atoms with van der Waals surface area (Å²) in [6.07, 6.45) is -0.137. The van der Waals surface area contributed by atoms with Gasteiger partial charge >= 0.3 is 0 Å². The van der Waals surface area contributed by atoms with Crippen molar-refractivity contribution >= 4 is 37.5 Å². The highest BCUT2D eigenvalue weighted by Gasteiger charge is 2.37. The Balaban J connectivity index is 2.40. The monoisotopic (exact) mass is 343 g/mol. The number of nitrogens with two attached hydrogens (primary N) is 1. The molecule has 1 unspecified atom stereocenters. The maximum Gasteiger partial charge on any atom is 0.228 e. The molecule has 0 saturated carbocycles. The molecule has 1 aliphatic rings. The van der Waals surface area contributed by atoms with E-state index in [0.29, 0.717) is 15.7 Å². The number of hydrogen-bond donors (Lipinski definition) is 1. The van der Waals surface area contributed by atoms with Crippen molar-refractivity contribution < 1.29 is 13.2 Å². The second-order valence-corrected chi connectivity index (χ2v) is 6.81. The van der Waals surface area contributed by atoms with Crippen molar-refractivity contribution in [3.05, 3.63) is 28.2 Å². The molecule has 1 saturated heterocycles. The molecule has 0 aromatic heterocycles. The first-order valence-corrected chi connectivity index (χ1v) is 7.75. The first-order valence-electron chi connectivity index (χ1n) is 5.35. The molecule has 1 fully saturated rings. The van der Waals surface area contributed by atoms with Gasteiger partial charge in [-0.05, 0) is 28.1 Å². The Morgan fingerprint density at radius 3 is 2.68 bits per heavy atom. The van der Waals surface area contributed by atoms with Gasteiger partial charge in [-0.25, -0.2) is 13.6 Å². The van der Waals surface area contributed by atoms with E-state index >= 15 is 0 Å². The number of sulfonamides is 1. The van der Waals surface area contributed by atoms with Crippen molar-refractivity contribution in [1.29, 1.82) is 5.26 Å². The van der Waals surface area contributed by atoms with Crippen molar-refractivity contribution in [2.45, 2.75) is 11.7 Å². The fourth-order valence-electron chi connectivity index (χ4n) is 1.94. The molecule has 0 bridgehead atoms. The number of rotatable bonds is 2. The number of nitrogens with zero attached hydrogens (tertiary/aromatic N) is 2. The lowest BCUT2D eigenvalue weighted by Gasteiger charge is -2.18. The SMILES string of the molecule is N#Cc1cccc(N2CC(S(N)(=O)=O)CC2=O)c1Br. The quantitative estimate of drug-likeness (QED) is 0.853. The number of carbonyl (C=O) groups is 1. The average molecular weight is 344 g/mol. The van der Waals surface area contributed by atoms with Crippen LogP contribution in [0.25, 0.3) is 0 Å². The van der Waals surface area contributed by atoms with Crippen molar-refractivity contribution in [3.63, 3.8) is 0 Å². The van der Waals surface area contributed by atoms with E-state index in [1.807, 2.05) is 6.07 Å². The Bertz CT molecular complexity index is 681. The topological polar surface area (TPSA) is 104 Å². The molecule has 1 aromatic carbocycles. The molecule has 0 aliphatic carbocycles. The lowest BCUT2D eigenvalue weighted by atomic mass is 10.2. The minimum Gasteiger partial charge on any atom is -0.310 e. The van der Waals surface area contributed by atoms with Gasteiger partial charge in [-0.2, -0.15) is 5.26 Å². The summed E-state index contributed by atoms with van der Waals surface area (Å²) in [4.78, 5) is 13.2. The summed E-state index contributed by atoms with van der Waals surface area (Å²) in [5.74, 6) is -0.324. The third kappa shape index (κ3) is 2.63. The number of hydrogen-bond acceptors (Lipinski definition) is 4. The van der Waals surface area contributed by atoms with Crippen molar-refractivity contribution in [2.24, 2.45) is 5.14 Å². The third-order valence-electron chi connectivity index (χ3n) is 2.94. The van der Waals surface area contributed by atoms with E-state index in [-0.39, 0.29) is 18.9 Å². The number of primary sulfonamides is 1. The van der Waals surface area contributed by atoms with Crippen LogP contribution in [0.3, 0.4) is 0 Å². The summed E-state index contributed by atoms with van der Waals surface area (Å²) in [6, 6.07) is 6.87. The van der Waals surface area contributed by atoms with E-state index in [4.69, 9.17) is 10.4 Å². The van der Waals surface area contributed by atoms with E-state index < -0.39 is 15.3 Å². The second kappa shape index (κ2) is 4.92. The number of carbonyl (C=O) groups excluding carboxylic acids is 1. The molecular formula is C11H10BrN3O3S. The van der Waals surface area contributed by atoms with Crippen molar-refractivity contribution in [1.82, 2.24) is 0 Å². The summed E-state index contributed by atoms with van der Waals surface area (Å²) in [7, 11) is -3.75. The second-order valence-electron chi connectivity index (χ2n) is 4.17. The van der Waals surface area contributed by atoms with Crippen LogP contribution >= 0.6 is 15.9 Å². The fraction of sp³-hybridized carbons (Fsp3) is 0.273. The van der Waals surface area contributed by atoms with E-state index in [2.05, 4.69) is 15.9 Å². The maximum absolute atomic E-state index is 11.9. The van der Waals surface area contributed by atoms with Gasteiger partial charge in [0.2, 0.25) is 15.9 Å². The van der Waals surface area contributed by atoms with Crippen LogP contribution in [0.4, 0.5) is 5.69 Å². The molecular weight excluding hydrogens is 334 g/mol. The van der Waals surface area contributed by atoms with Crippen LogP contribution in [0.15, 0.2) is 22.7 Å². The minimum atomic E-state index is -3.75. The Morgan fingerprint density at radius 1 is 1.47 bits per heavy atom. The Kier molecular flexibility index (Phi) is 3.62. The van der Waals surface area contributed by atoms with Crippen LogP contribution in [0.5, 0.6) is 0 Å². The smallest absolute Gasteiger partial charge is 0.228 e. The van der Waals surface area contributed by atoms with E-state index in [0.717, 1.165) is 0 Å². The van der Waals surface area contributed by atoms with Crippen LogP contribution in [0.1, 0.15) is 12.0 Å².